The molecule has 0 N–H and O–H groups in total. The molecule has 0 aliphatic heterocycles. The van der Waals surface area contributed by atoms with Crippen LogP contribution in [0.15, 0.2) is 146 Å². The molecule has 0 saturated carbocycles. The summed E-state index contributed by atoms with van der Waals surface area (Å²) in [5.74, 6) is 1.84. The van der Waals surface area contributed by atoms with Crippen molar-refractivity contribution >= 4 is 55.7 Å². The maximum absolute atomic E-state index is 5.02. The summed E-state index contributed by atoms with van der Waals surface area (Å²) < 4.78 is 9.00. The van der Waals surface area contributed by atoms with Gasteiger partial charge in [0.15, 0.2) is 0 Å². The van der Waals surface area contributed by atoms with Crippen LogP contribution in [0.1, 0.15) is 0 Å². The van der Waals surface area contributed by atoms with E-state index in [4.69, 9.17) is 9.97 Å². The largest absolute Gasteiger partial charge is 0.278 e. The van der Waals surface area contributed by atoms with E-state index in [1.165, 1.54) is 0 Å². The lowest BCUT2D eigenvalue weighted by molar-refractivity contribution is 1.11. The van der Waals surface area contributed by atoms with Gasteiger partial charge in [-0.15, -0.1) is 0 Å². The van der Waals surface area contributed by atoms with Gasteiger partial charge in [-0.25, -0.2) is 9.97 Å². The Hall–Kier alpha value is -6.14. The Balaban J connectivity index is 1.07. The lowest BCUT2D eigenvalue weighted by atomic mass is 10.0. The Labute approximate surface area is 251 Å². The number of aromatic nitrogens is 6. The van der Waals surface area contributed by atoms with Crippen molar-refractivity contribution in [1.29, 1.82) is 0 Å². The molecule has 206 valence electrons. The summed E-state index contributed by atoms with van der Waals surface area (Å²) in [6.07, 6.45) is 0. The third-order valence-corrected chi connectivity index (χ3v) is 8.80. The highest BCUT2D eigenvalue weighted by molar-refractivity contribution is 5.93. The molecule has 0 saturated heterocycles. The van der Waals surface area contributed by atoms with Crippen LogP contribution in [0.25, 0.3) is 78.2 Å². The molecule has 4 aromatic heterocycles. The quantitative estimate of drug-likeness (QED) is 0.215. The first-order valence-electron chi connectivity index (χ1n) is 14.8. The number of hydrogen-bond acceptors (Lipinski definition) is 2. The maximum Gasteiger partial charge on any atom is 0.220 e. The average Bonchev–Trinajstić information content (AvgIpc) is 3.81. The predicted molar refractivity (Wildman–Crippen MR) is 178 cm³/mol. The third-order valence-electron chi connectivity index (χ3n) is 8.80. The third kappa shape index (κ3) is 3.14. The first-order chi connectivity index (χ1) is 21.8. The molecule has 0 amide bonds. The lowest BCUT2D eigenvalue weighted by Crippen LogP contribution is -1.96. The molecule has 6 nitrogen and oxygen atoms in total. The molecule has 10 aromatic rings. The minimum absolute atomic E-state index is 0.918. The van der Waals surface area contributed by atoms with Crippen molar-refractivity contribution in [3.63, 3.8) is 0 Å². The van der Waals surface area contributed by atoms with E-state index in [-0.39, 0.29) is 0 Å². The molecule has 0 bridgehead atoms. The zero-order valence-corrected chi connectivity index (χ0v) is 23.5. The van der Waals surface area contributed by atoms with Crippen LogP contribution in [0.4, 0.5) is 0 Å². The molecule has 10 rings (SSSR count). The fraction of sp³-hybridized carbons (Fsp3) is 0. The highest BCUT2D eigenvalue weighted by Crippen LogP contribution is 2.32. The Kier molecular flexibility index (Phi) is 4.63. The number of imidazole rings is 4. The molecule has 0 aliphatic rings. The summed E-state index contributed by atoms with van der Waals surface area (Å²) in [6, 6.07) is 51.2. The van der Waals surface area contributed by atoms with E-state index in [1.807, 2.05) is 12.1 Å². The number of para-hydroxylation sites is 8. The molecular weight excluding hydrogens is 540 g/mol. The van der Waals surface area contributed by atoms with Crippen molar-refractivity contribution in [3.8, 4) is 22.5 Å². The highest BCUT2D eigenvalue weighted by atomic mass is 15.2. The van der Waals surface area contributed by atoms with Crippen molar-refractivity contribution in [2.24, 2.45) is 0 Å². The fourth-order valence-corrected chi connectivity index (χ4v) is 6.82. The molecule has 0 atom stereocenters. The van der Waals surface area contributed by atoms with E-state index < -0.39 is 0 Å². The summed E-state index contributed by atoms with van der Waals surface area (Å²) >= 11 is 0. The van der Waals surface area contributed by atoms with Gasteiger partial charge in [0.25, 0.3) is 0 Å². The average molecular weight is 565 g/mol. The van der Waals surface area contributed by atoms with E-state index in [2.05, 4.69) is 151 Å². The van der Waals surface area contributed by atoms with E-state index in [0.717, 1.165) is 78.2 Å². The zero-order chi connectivity index (χ0) is 28.8. The van der Waals surface area contributed by atoms with Crippen LogP contribution >= 0.6 is 0 Å². The van der Waals surface area contributed by atoms with Crippen LogP contribution in [-0.4, -0.2) is 27.9 Å². The lowest BCUT2D eigenvalue weighted by Gasteiger charge is -2.09. The predicted octanol–water partition coefficient (Wildman–Crippen LogP) is 8.84. The van der Waals surface area contributed by atoms with E-state index in [0.29, 0.717) is 0 Å². The van der Waals surface area contributed by atoms with E-state index in [1.54, 1.807) is 0 Å². The highest BCUT2D eigenvalue weighted by Gasteiger charge is 2.18. The SMILES string of the molecule is c1ccc2c(c1)nc1n(-c3ccc(-c4ccc(-n5c6ccccc6n6c7ccccc7nc56)cc4)cc3)c3ccccc3n21. The molecule has 0 aliphatic carbocycles. The van der Waals surface area contributed by atoms with Gasteiger partial charge in [-0.2, -0.15) is 0 Å². The van der Waals surface area contributed by atoms with Gasteiger partial charge in [0.2, 0.25) is 11.6 Å². The molecular formula is C38H24N6. The molecule has 0 spiro atoms. The summed E-state index contributed by atoms with van der Waals surface area (Å²) in [4.78, 5) is 10.0. The molecule has 4 heterocycles. The smallest absolute Gasteiger partial charge is 0.220 e. The molecule has 6 aromatic carbocycles. The van der Waals surface area contributed by atoms with Crippen LogP contribution in [0.5, 0.6) is 0 Å². The van der Waals surface area contributed by atoms with Crippen LogP contribution < -0.4 is 0 Å². The second kappa shape index (κ2) is 8.69. The van der Waals surface area contributed by atoms with Crippen molar-refractivity contribution < 1.29 is 0 Å². The monoisotopic (exact) mass is 564 g/mol. The van der Waals surface area contributed by atoms with Gasteiger partial charge in [-0.1, -0.05) is 72.8 Å². The Morgan fingerprint density at radius 2 is 0.659 bits per heavy atom. The van der Waals surface area contributed by atoms with Crippen molar-refractivity contribution in [1.82, 2.24) is 27.9 Å². The van der Waals surface area contributed by atoms with Gasteiger partial charge in [0.05, 0.1) is 44.1 Å². The van der Waals surface area contributed by atoms with Crippen LogP contribution in [0.2, 0.25) is 0 Å². The van der Waals surface area contributed by atoms with Crippen molar-refractivity contribution in [2.75, 3.05) is 0 Å². The normalized spacial score (nSPS) is 12.1. The maximum atomic E-state index is 5.02. The van der Waals surface area contributed by atoms with Gasteiger partial charge < -0.3 is 0 Å². The zero-order valence-electron chi connectivity index (χ0n) is 23.5. The fourth-order valence-electron chi connectivity index (χ4n) is 6.82. The summed E-state index contributed by atoms with van der Waals surface area (Å²) in [5, 5.41) is 0. The second-order valence-electron chi connectivity index (χ2n) is 11.2. The van der Waals surface area contributed by atoms with Gasteiger partial charge in [-0.05, 0) is 83.9 Å². The first-order valence-corrected chi connectivity index (χ1v) is 14.8. The molecule has 44 heavy (non-hydrogen) atoms. The van der Waals surface area contributed by atoms with Gasteiger partial charge in [-0.3, -0.25) is 17.9 Å². The Bertz CT molecular complexity index is 2510. The molecule has 0 unspecified atom stereocenters. The summed E-state index contributed by atoms with van der Waals surface area (Å²) in [7, 11) is 0. The minimum Gasteiger partial charge on any atom is -0.278 e. The van der Waals surface area contributed by atoms with Gasteiger partial charge in [0.1, 0.15) is 0 Å². The van der Waals surface area contributed by atoms with Gasteiger partial charge >= 0.3 is 0 Å². The number of nitrogens with zero attached hydrogens (tertiary/aromatic N) is 6. The minimum atomic E-state index is 0.918. The molecule has 0 radical (unpaired) electrons. The van der Waals surface area contributed by atoms with E-state index in [9.17, 15) is 0 Å². The topological polar surface area (TPSA) is 44.5 Å². The first kappa shape index (κ1) is 23.4. The van der Waals surface area contributed by atoms with Crippen LogP contribution in [-0.2, 0) is 0 Å². The van der Waals surface area contributed by atoms with Gasteiger partial charge in [0, 0.05) is 11.4 Å². The summed E-state index contributed by atoms with van der Waals surface area (Å²) in [6.45, 7) is 0. The summed E-state index contributed by atoms with van der Waals surface area (Å²) in [5.41, 5.74) is 13.3. The second-order valence-corrected chi connectivity index (χ2v) is 11.2. The van der Waals surface area contributed by atoms with E-state index >= 15 is 0 Å². The molecule has 0 fully saturated rings. The number of benzene rings is 6. The Morgan fingerprint density at radius 3 is 1.07 bits per heavy atom. The standard InChI is InChI=1S/C38H24N6/c1-3-11-31-29(9-1)39-37-41(33-13-5-7-15-35(33)43(31)37)27-21-17-25(18-22-27)26-19-23-28(24-20-26)42-34-14-6-8-16-36(34)44-32-12-4-2-10-30(32)40-38(42)44/h1-24H. The number of hydrogen-bond donors (Lipinski definition) is 0. The Morgan fingerprint density at radius 1 is 0.318 bits per heavy atom. The van der Waals surface area contributed by atoms with Crippen molar-refractivity contribution in [3.05, 3.63) is 146 Å². The van der Waals surface area contributed by atoms with Crippen LogP contribution in [0.3, 0.4) is 0 Å². The van der Waals surface area contributed by atoms with Crippen LogP contribution in [0, 0.1) is 0 Å². The number of fused-ring (bicyclic) bond motifs is 10. The number of rotatable bonds is 3. The van der Waals surface area contributed by atoms with Crippen molar-refractivity contribution in [2.45, 2.75) is 0 Å². The molecule has 6 heteroatoms.